The maximum Gasteiger partial charge on any atom is 0.253 e. The quantitative estimate of drug-likeness (QED) is 0.827. The van der Waals surface area contributed by atoms with Gasteiger partial charge in [-0.15, -0.1) is 0 Å². The summed E-state index contributed by atoms with van der Waals surface area (Å²) in [4.78, 5) is 26.0. The summed E-state index contributed by atoms with van der Waals surface area (Å²) in [5, 5.41) is 0.554. The highest BCUT2D eigenvalue weighted by Crippen LogP contribution is 2.28. The number of nitrogens with two attached hydrogens (primary N) is 1. The molecule has 1 aliphatic rings. The fourth-order valence-corrected chi connectivity index (χ4v) is 3.61. The highest BCUT2D eigenvalue weighted by molar-refractivity contribution is 6.30. The summed E-state index contributed by atoms with van der Waals surface area (Å²) in [6, 6.07) is 11.5. The van der Waals surface area contributed by atoms with Gasteiger partial charge in [0.15, 0.2) is 0 Å². The van der Waals surface area contributed by atoms with Gasteiger partial charge in [-0.05, 0) is 42.8 Å². The highest BCUT2D eigenvalue weighted by atomic mass is 35.5. The third-order valence-electron chi connectivity index (χ3n) is 4.92. The van der Waals surface area contributed by atoms with Gasteiger partial charge in [0.2, 0.25) is 5.91 Å². The molecule has 0 aliphatic carbocycles. The first-order chi connectivity index (χ1) is 13.3. The third-order valence-corrected chi connectivity index (χ3v) is 5.15. The number of carbonyl (C=O) groups excluding carboxylic acids is 2. The number of ether oxygens (including phenoxy) is 1. The highest BCUT2D eigenvalue weighted by Gasteiger charge is 2.34. The lowest BCUT2D eigenvalue weighted by Gasteiger charge is -2.38. The van der Waals surface area contributed by atoms with Crippen LogP contribution in [-0.4, -0.2) is 35.9 Å². The molecule has 2 N–H and O–H groups in total. The van der Waals surface area contributed by atoms with Crippen LogP contribution in [0, 0.1) is 18.7 Å². The predicted molar refractivity (Wildman–Crippen MR) is 105 cm³/mol. The number of carbonyl (C=O) groups is 2. The molecule has 1 saturated heterocycles. The number of halogens is 2. The van der Waals surface area contributed by atoms with Gasteiger partial charge in [0.1, 0.15) is 17.7 Å². The molecular weight excluding hydrogens is 383 g/mol. The lowest BCUT2D eigenvalue weighted by molar-refractivity contribution is -0.120. The molecule has 148 valence electrons. The summed E-state index contributed by atoms with van der Waals surface area (Å²) >= 11 is 6.00. The normalized spacial score (nSPS) is 19.3. The van der Waals surface area contributed by atoms with Crippen molar-refractivity contribution in [1.29, 1.82) is 0 Å². The van der Waals surface area contributed by atoms with E-state index in [1.807, 2.05) is 0 Å². The molecule has 2 aromatic carbocycles. The fraction of sp³-hybridized carbons (Fsp3) is 0.333. The Morgan fingerprint density at radius 2 is 2.07 bits per heavy atom. The number of hydrogen-bond donors (Lipinski definition) is 1. The zero-order valence-electron chi connectivity index (χ0n) is 15.5. The number of likely N-dealkylation sites (tertiary alicyclic amines) is 1. The van der Waals surface area contributed by atoms with Crippen LogP contribution >= 0.6 is 11.6 Å². The average Bonchev–Trinajstić information content (AvgIpc) is 2.64. The smallest absolute Gasteiger partial charge is 0.253 e. The lowest BCUT2D eigenvalue weighted by atomic mass is 9.90. The van der Waals surface area contributed by atoms with Gasteiger partial charge in [0, 0.05) is 42.4 Å². The SMILES string of the molecule is Cc1ccc(C(=O)N2CC[C@H](Oc3cccc(Cl)c3)[C@@H](CC(N)=O)C2)cc1F. The second-order valence-electron chi connectivity index (χ2n) is 7.05. The summed E-state index contributed by atoms with van der Waals surface area (Å²) < 4.78 is 19.9. The minimum Gasteiger partial charge on any atom is -0.490 e. The maximum absolute atomic E-state index is 13.8. The first-order valence-electron chi connectivity index (χ1n) is 9.09. The summed E-state index contributed by atoms with van der Waals surface area (Å²) in [6.45, 7) is 2.39. The van der Waals surface area contributed by atoms with Gasteiger partial charge in [-0.3, -0.25) is 9.59 Å². The van der Waals surface area contributed by atoms with Crippen molar-refractivity contribution >= 4 is 23.4 Å². The molecule has 0 aromatic heterocycles. The number of primary amides is 1. The Morgan fingerprint density at radius 1 is 1.29 bits per heavy atom. The number of hydrogen-bond acceptors (Lipinski definition) is 3. The summed E-state index contributed by atoms with van der Waals surface area (Å²) in [5.41, 5.74) is 6.17. The largest absolute Gasteiger partial charge is 0.490 e. The Balaban J connectivity index is 1.74. The van der Waals surface area contributed by atoms with Crippen molar-refractivity contribution in [3.63, 3.8) is 0 Å². The van der Waals surface area contributed by atoms with Crippen LogP contribution in [0.2, 0.25) is 5.02 Å². The van der Waals surface area contributed by atoms with E-state index in [4.69, 9.17) is 22.1 Å². The number of rotatable bonds is 5. The number of benzene rings is 2. The van der Waals surface area contributed by atoms with E-state index >= 15 is 0 Å². The van der Waals surface area contributed by atoms with Crippen LogP contribution < -0.4 is 10.5 Å². The fourth-order valence-electron chi connectivity index (χ4n) is 3.43. The Hall–Kier alpha value is -2.60. The van der Waals surface area contributed by atoms with Crippen molar-refractivity contribution in [3.8, 4) is 5.75 Å². The Morgan fingerprint density at radius 3 is 2.75 bits per heavy atom. The average molecular weight is 405 g/mol. The van der Waals surface area contributed by atoms with Gasteiger partial charge < -0.3 is 15.4 Å². The molecule has 0 spiro atoms. The molecule has 1 fully saturated rings. The van der Waals surface area contributed by atoms with Crippen molar-refractivity contribution in [3.05, 3.63) is 64.4 Å². The molecule has 7 heteroatoms. The van der Waals surface area contributed by atoms with E-state index in [9.17, 15) is 14.0 Å². The Labute approximate surface area is 168 Å². The first kappa shape index (κ1) is 20.1. The first-order valence-corrected chi connectivity index (χ1v) is 9.47. The molecular formula is C21H22ClFN2O3. The number of aryl methyl sites for hydroxylation is 1. The second-order valence-corrected chi connectivity index (χ2v) is 7.48. The minimum absolute atomic E-state index is 0.0945. The van der Waals surface area contributed by atoms with E-state index in [0.29, 0.717) is 35.8 Å². The van der Waals surface area contributed by atoms with Gasteiger partial charge in [-0.2, -0.15) is 0 Å². The van der Waals surface area contributed by atoms with Crippen molar-refractivity contribution in [2.24, 2.45) is 11.7 Å². The lowest BCUT2D eigenvalue weighted by Crippen LogP contribution is -2.49. The van der Waals surface area contributed by atoms with E-state index in [0.717, 1.165) is 0 Å². The van der Waals surface area contributed by atoms with Crippen LogP contribution in [0.4, 0.5) is 4.39 Å². The van der Waals surface area contributed by atoms with Crippen molar-refractivity contribution in [1.82, 2.24) is 4.90 Å². The molecule has 28 heavy (non-hydrogen) atoms. The Kier molecular flexibility index (Phi) is 6.19. The Bertz CT molecular complexity index is 890. The third kappa shape index (κ3) is 4.81. The molecule has 2 atom stereocenters. The standard InChI is InChI=1S/C21H22ClFN2O3/c1-13-5-6-14(9-18(13)23)21(27)25-8-7-19(15(12-25)10-20(24)26)28-17-4-2-3-16(22)11-17/h2-6,9,11,15,19H,7-8,10,12H2,1H3,(H2,24,26)/t15-,19-/m0/s1. The molecule has 1 heterocycles. The van der Waals surface area contributed by atoms with Crippen LogP contribution in [0.3, 0.4) is 0 Å². The number of nitrogens with zero attached hydrogens (tertiary/aromatic N) is 1. The van der Waals surface area contributed by atoms with E-state index in [2.05, 4.69) is 0 Å². The molecule has 1 aliphatic heterocycles. The van der Waals surface area contributed by atoms with E-state index in [1.165, 1.54) is 6.07 Å². The molecule has 2 amide bonds. The topological polar surface area (TPSA) is 72.6 Å². The van der Waals surface area contributed by atoms with Crippen molar-refractivity contribution < 1.29 is 18.7 Å². The van der Waals surface area contributed by atoms with Crippen LogP contribution in [0.15, 0.2) is 42.5 Å². The molecule has 0 bridgehead atoms. The van der Waals surface area contributed by atoms with Gasteiger partial charge in [-0.25, -0.2) is 4.39 Å². The summed E-state index contributed by atoms with van der Waals surface area (Å²) in [6.07, 6.45) is 0.353. The van der Waals surface area contributed by atoms with Gasteiger partial charge in [-0.1, -0.05) is 23.7 Å². The molecule has 0 radical (unpaired) electrons. The summed E-state index contributed by atoms with van der Waals surface area (Å²) in [5.74, 6) is -0.800. The number of amides is 2. The molecule has 3 rings (SSSR count). The van der Waals surface area contributed by atoms with Crippen LogP contribution in [0.5, 0.6) is 5.75 Å². The predicted octanol–water partition coefficient (Wildman–Crippen LogP) is 3.57. The minimum atomic E-state index is -0.458. The van der Waals surface area contributed by atoms with Gasteiger partial charge >= 0.3 is 0 Å². The zero-order chi connectivity index (χ0) is 20.3. The van der Waals surface area contributed by atoms with Gasteiger partial charge in [0.05, 0.1) is 0 Å². The molecule has 0 unspecified atom stereocenters. The van der Waals surface area contributed by atoms with E-state index in [-0.39, 0.29) is 29.9 Å². The second kappa shape index (κ2) is 8.61. The van der Waals surface area contributed by atoms with Crippen LogP contribution in [0.1, 0.15) is 28.8 Å². The zero-order valence-corrected chi connectivity index (χ0v) is 16.3. The van der Waals surface area contributed by atoms with Crippen LogP contribution in [0.25, 0.3) is 0 Å². The van der Waals surface area contributed by atoms with E-state index in [1.54, 1.807) is 48.2 Å². The molecule has 0 saturated carbocycles. The summed E-state index contributed by atoms with van der Waals surface area (Å²) in [7, 11) is 0. The van der Waals surface area contributed by atoms with Gasteiger partial charge in [0.25, 0.3) is 5.91 Å². The van der Waals surface area contributed by atoms with Crippen molar-refractivity contribution in [2.75, 3.05) is 13.1 Å². The maximum atomic E-state index is 13.8. The van der Waals surface area contributed by atoms with E-state index < -0.39 is 11.7 Å². The number of piperidine rings is 1. The molecule has 2 aromatic rings. The monoisotopic (exact) mass is 404 g/mol. The van der Waals surface area contributed by atoms with Crippen molar-refractivity contribution in [2.45, 2.75) is 25.9 Å². The van der Waals surface area contributed by atoms with Crippen LogP contribution in [-0.2, 0) is 4.79 Å². The molecule has 5 nitrogen and oxygen atoms in total.